The number of imide groups is 1. The molecule has 1 aromatic heterocycles. The van der Waals surface area contributed by atoms with Crippen molar-refractivity contribution in [2.45, 2.75) is 19.0 Å². The minimum absolute atomic E-state index is 0.167. The van der Waals surface area contributed by atoms with Gasteiger partial charge in [-0.2, -0.15) is 15.7 Å². The summed E-state index contributed by atoms with van der Waals surface area (Å²) in [5.41, 5.74) is -0.866. The lowest BCUT2D eigenvalue weighted by Gasteiger charge is -2.20. The van der Waals surface area contributed by atoms with Crippen LogP contribution in [0.25, 0.3) is 0 Å². The quantitative estimate of drug-likeness (QED) is 0.522. The Morgan fingerprint density at radius 3 is 2.71 bits per heavy atom. The number of amides is 3. The van der Waals surface area contributed by atoms with Gasteiger partial charge < -0.3 is 5.32 Å². The van der Waals surface area contributed by atoms with E-state index in [2.05, 4.69) is 5.32 Å². The lowest BCUT2D eigenvalue weighted by molar-refractivity contribution is -0.387. The Hall–Kier alpha value is -2.81. The van der Waals surface area contributed by atoms with Crippen molar-refractivity contribution >= 4 is 29.0 Å². The zero-order chi connectivity index (χ0) is 17.5. The van der Waals surface area contributed by atoms with Gasteiger partial charge in [0.2, 0.25) is 5.82 Å². The van der Waals surface area contributed by atoms with Crippen LogP contribution in [0.15, 0.2) is 35.0 Å². The summed E-state index contributed by atoms with van der Waals surface area (Å²) in [6.45, 7) is 1.44. The van der Waals surface area contributed by atoms with Gasteiger partial charge in [0, 0.05) is 6.07 Å². The first kappa shape index (κ1) is 16.1. The number of benzene rings is 1. The molecule has 1 N–H and O–H groups in total. The Bertz CT molecular complexity index is 839. The lowest BCUT2D eigenvalue weighted by Crippen LogP contribution is -2.40. The Labute approximate surface area is 139 Å². The lowest BCUT2D eigenvalue weighted by atomic mass is 9.95. The molecule has 2 heterocycles. The van der Waals surface area contributed by atoms with Gasteiger partial charge in [-0.25, -0.2) is 4.79 Å². The molecule has 1 saturated heterocycles. The Morgan fingerprint density at radius 2 is 2.12 bits per heavy atom. The van der Waals surface area contributed by atoms with Crippen LogP contribution in [-0.2, 0) is 16.9 Å². The molecular weight excluding hydrogens is 337 g/mol. The maximum atomic E-state index is 13.7. The van der Waals surface area contributed by atoms with Gasteiger partial charge >= 0.3 is 11.7 Å². The normalized spacial score (nSPS) is 20.3. The third kappa shape index (κ3) is 2.52. The number of nitrogens with one attached hydrogen (secondary N) is 1. The number of nitro benzene ring substituents is 1. The summed E-state index contributed by atoms with van der Waals surface area (Å²) in [6, 6.07) is 4.45. The second-order valence-corrected chi connectivity index (χ2v) is 6.28. The number of hydrogen-bond donors (Lipinski definition) is 1. The number of rotatable bonds is 4. The Kier molecular flexibility index (Phi) is 3.80. The number of urea groups is 1. The van der Waals surface area contributed by atoms with Gasteiger partial charge in [0.15, 0.2) is 0 Å². The number of nitro groups is 1. The van der Waals surface area contributed by atoms with Crippen LogP contribution in [0.4, 0.5) is 14.9 Å². The smallest absolute Gasteiger partial charge is 0.319 e. The van der Waals surface area contributed by atoms with Crippen LogP contribution in [0.2, 0.25) is 0 Å². The summed E-state index contributed by atoms with van der Waals surface area (Å²) >= 11 is 1.40. The molecule has 1 atom stereocenters. The summed E-state index contributed by atoms with van der Waals surface area (Å²) in [4.78, 5) is 35.6. The fourth-order valence-electron chi connectivity index (χ4n) is 2.56. The molecule has 1 aliphatic heterocycles. The van der Waals surface area contributed by atoms with E-state index in [1.165, 1.54) is 17.4 Å². The highest BCUT2D eigenvalue weighted by Gasteiger charge is 2.49. The summed E-state index contributed by atoms with van der Waals surface area (Å²) in [5, 5.41) is 16.8. The van der Waals surface area contributed by atoms with Crippen molar-refractivity contribution < 1.29 is 18.9 Å². The van der Waals surface area contributed by atoms with Crippen LogP contribution in [0.5, 0.6) is 0 Å². The number of carbonyl (C=O) groups excluding carboxylic acids is 2. The van der Waals surface area contributed by atoms with E-state index in [4.69, 9.17) is 0 Å². The molecule has 124 valence electrons. The van der Waals surface area contributed by atoms with Gasteiger partial charge in [0.05, 0.1) is 11.5 Å². The van der Waals surface area contributed by atoms with Crippen molar-refractivity contribution in [3.63, 3.8) is 0 Å². The molecule has 2 aromatic rings. The molecule has 1 aliphatic rings. The van der Waals surface area contributed by atoms with Crippen LogP contribution in [0, 0.1) is 15.9 Å². The molecule has 0 aliphatic carbocycles. The third-order valence-corrected chi connectivity index (χ3v) is 4.61. The van der Waals surface area contributed by atoms with Gasteiger partial charge in [-0.3, -0.25) is 19.8 Å². The summed E-state index contributed by atoms with van der Waals surface area (Å²) in [5.74, 6) is -1.46. The van der Waals surface area contributed by atoms with Crippen LogP contribution < -0.4 is 5.32 Å². The predicted octanol–water partition coefficient (Wildman–Crippen LogP) is 2.76. The van der Waals surface area contributed by atoms with E-state index in [1.54, 1.807) is 23.8 Å². The van der Waals surface area contributed by atoms with Crippen molar-refractivity contribution in [1.82, 2.24) is 10.2 Å². The van der Waals surface area contributed by atoms with Crippen molar-refractivity contribution in [2.75, 3.05) is 0 Å². The molecule has 1 unspecified atom stereocenters. The topological polar surface area (TPSA) is 92.6 Å². The zero-order valence-corrected chi connectivity index (χ0v) is 13.3. The van der Waals surface area contributed by atoms with E-state index in [0.29, 0.717) is 5.56 Å². The van der Waals surface area contributed by atoms with Crippen molar-refractivity contribution in [1.29, 1.82) is 0 Å². The van der Waals surface area contributed by atoms with Gasteiger partial charge in [-0.1, -0.05) is 6.07 Å². The second-order valence-electron chi connectivity index (χ2n) is 5.50. The molecule has 1 aromatic carbocycles. The molecular formula is C15H12FN3O4S. The molecule has 3 amide bonds. The maximum Gasteiger partial charge on any atom is 0.325 e. The number of carbonyl (C=O) groups is 2. The fraction of sp³-hybridized carbons (Fsp3) is 0.200. The fourth-order valence-corrected chi connectivity index (χ4v) is 3.33. The summed E-state index contributed by atoms with van der Waals surface area (Å²) in [6.07, 6.45) is 0. The Balaban J connectivity index is 1.86. The number of nitrogens with zero attached hydrogens (tertiary/aromatic N) is 2. The first-order chi connectivity index (χ1) is 11.3. The predicted molar refractivity (Wildman–Crippen MR) is 83.8 cm³/mol. The highest BCUT2D eigenvalue weighted by atomic mass is 32.1. The van der Waals surface area contributed by atoms with Crippen LogP contribution in [0.3, 0.4) is 0 Å². The monoisotopic (exact) mass is 349 g/mol. The standard InChI is InChI=1S/C15H12FN3O4S/c1-15(10-4-5-24-8-10)13(20)18(14(21)17-15)7-9-2-3-12(19(22)23)11(16)6-9/h2-6,8H,7H2,1H3,(H,17,21). The molecule has 9 heteroatoms. The van der Waals surface area contributed by atoms with Crippen LogP contribution in [0.1, 0.15) is 18.1 Å². The van der Waals surface area contributed by atoms with Crippen LogP contribution in [-0.4, -0.2) is 21.8 Å². The van der Waals surface area contributed by atoms with E-state index in [-0.39, 0.29) is 12.1 Å². The van der Waals surface area contributed by atoms with Gasteiger partial charge in [-0.15, -0.1) is 0 Å². The van der Waals surface area contributed by atoms with Crippen molar-refractivity contribution in [3.8, 4) is 0 Å². The minimum atomic E-state index is -1.17. The molecule has 0 saturated carbocycles. The summed E-state index contributed by atoms with van der Waals surface area (Å²) < 4.78 is 13.7. The van der Waals surface area contributed by atoms with Gasteiger partial charge in [0.25, 0.3) is 5.91 Å². The summed E-state index contributed by atoms with van der Waals surface area (Å²) in [7, 11) is 0. The molecule has 0 radical (unpaired) electrons. The van der Waals surface area contributed by atoms with Gasteiger partial charge in [0.1, 0.15) is 5.54 Å². The molecule has 7 nitrogen and oxygen atoms in total. The Morgan fingerprint density at radius 1 is 1.38 bits per heavy atom. The number of thiophene rings is 1. The molecule has 24 heavy (non-hydrogen) atoms. The van der Waals surface area contributed by atoms with Crippen molar-refractivity contribution in [3.05, 3.63) is 62.1 Å². The SMILES string of the molecule is CC1(c2ccsc2)NC(=O)N(Cc2ccc([N+](=O)[O-])c(F)c2)C1=O. The van der Waals surface area contributed by atoms with E-state index < -0.39 is 33.9 Å². The van der Waals surface area contributed by atoms with E-state index in [0.717, 1.165) is 17.0 Å². The molecule has 3 rings (SSSR count). The zero-order valence-electron chi connectivity index (χ0n) is 12.5. The highest BCUT2D eigenvalue weighted by Crippen LogP contribution is 2.31. The average molecular weight is 349 g/mol. The van der Waals surface area contributed by atoms with Crippen molar-refractivity contribution in [2.24, 2.45) is 0 Å². The van der Waals surface area contributed by atoms with E-state index >= 15 is 0 Å². The largest absolute Gasteiger partial charge is 0.325 e. The second kappa shape index (κ2) is 5.68. The maximum absolute atomic E-state index is 13.7. The first-order valence-corrected chi connectivity index (χ1v) is 7.87. The molecule has 0 bridgehead atoms. The van der Waals surface area contributed by atoms with Gasteiger partial charge in [-0.05, 0) is 40.9 Å². The van der Waals surface area contributed by atoms with E-state index in [9.17, 15) is 24.1 Å². The molecule has 1 fully saturated rings. The minimum Gasteiger partial charge on any atom is -0.319 e. The van der Waals surface area contributed by atoms with Crippen LogP contribution >= 0.6 is 11.3 Å². The average Bonchev–Trinajstić information content (AvgIpc) is 3.12. The number of halogens is 1. The molecule has 0 spiro atoms. The first-order valence-electron chi connectivity index (χ1n) is 6.92. The highest BCUT2D eigenvalue weighted by molar-refractivity contribution is 7.08. The number of hydrogen-bond acceptors (Lipinski definition) is 5. The van der Waals surface area contributed by atoms with E-state index in [1.807, 2.05) is 0 Å². The third-order valence-electron chi connectivity index (χ3n) is 3.92.